The first-order valence-electron chi connectivity index (χ1n) is 6.49. The average Bonchev–Trinajstić information content (AvgIpc) is 2.29. The Labute approximate surface area is 124 Å². The van der Waals surface area contributed by atoms with Crippen LogP contribution in [-0.4, -0.2) is 18.4 Å². The number of rotatable bonds is 7. The summed E-state index contributed by atoms with van der Waals surface area (Å²) in [4.78, 5) is 22.3. The highest BCUT2D eigenvalue weighted by atomic mass is 35.5. The van der Waals surface area contributed by atoms with Crippen molar-refractivity contribution in [1.82, 2.24) is 5.32 Å². The summed E-state index contributed by atoms with van der Waals surface area (Å²) < 4.78 is 0. The largest absolute Gasteiger partial charge is 0.550 e. The average molecular weight is 297 g/mol. The smallest absolute Gasteiger partial charge is 0.220 e. The van der Waals surface area contributed by atoms with Crippen molar-refractivity contribution in [2.45, 2.75) is 33.1 Å². The lowest BCUT2D eigenvalue weighted by Crippen LogP contribution is -2.34. The van der Waals surface area contributed by atoms with Gasteiger partial charge in [0, 0.05) is 24.0 Å². The minimum absolute atomic E-state index is 0.127. The number of benzene rings is 1. The number of nitrogens with one attached hydrogen (secondary N) is 1. The lowest BCUT2D eigenvalue weighted by Gasteiger charge is -2.24. The molecule has 0 aliphatic carbocycles. The molecule has 0 aromatic heterocycles. The summed E-state index contributed by atoms with van der Waals surface area (Å²) in [6.07, 6.45) is 0.753. The normalized spacial score (nSPS) is 11.2. The molecule has 0 heterocycles. The van der Waals surface area contributed by atoms with Gasteiger partial charge in [0.25, 0.3) is 0 Å². The maximum absolute atomic E-state index is 11.7. The van der Waals surface area contributed by atoms with Gasteiger partial charge < -0.3 is 15.2 Å². The van der Waals surface area contributed by atoms with Crippen LogP contribution >= 0.6 is 11.6 Å². The second kappa shape index (κ2) is 7.29. The second-order valence-corrected chi connectivity index (χ2v) is 6.05. The van der Waals surface area contributed by atoms with Crippen LogP contribution in [0, 0.1) is 5.41 Å². The molecule has 1 aromatic carbocycles. The van der Waals surface area contributed by atoms with E-state index in [-0.39, 0.29) is 18.7 Å². The fraction of sp³-hybridized carbons (Fsp3) is 0.467. The van der Waals surface area contributed by atoms with E-state index in [4.69, 9.17) is 11.6 Å². The number of amides is 1. The van der Waals surface area contributed by atoms with Crippen LogP contribution < -0.4 is 10.4 Å². The van der Waals surface area contributed by atoms with Crippen LogP contribution in [0.15, 0.2) is 24.3 Å². The molecule has 4 nitrogen and oxygen atoms in total. The first kappa shape index (κ1) is 16.5. The predicted molar refractivity (Wildman–Crippen MR) is 76.2 cm³/mol. The lowest BCUT2D eigenvalue weighted by molar-refractivity contribution is -0.307. The van der Waals surface area contributed by atoms with E-state index >= 15 is 0 Å². The molecule has 5 heteroatoms. The van der Waals surface area contributed by atoms with Gasteiger partial charge in [-0.3, -0.25) is 4.79 Å². The van der Waals surface area contributed by atoms with Crippen LogP contribution in [0.5, 0.6) is 0 Å². The molecule has 0 bridgehead atoms. The zero-order chi connectivity index (χ0) is 15.2. The summed E-state index contributed by atoms with van der Waals surface area (Å²) in [5.41, 5.74) is 0.493. The summed E-state index contributed by atoms with van der Waals surface area (Å²) >= 11 is 5.79. The standard InChI is InChI=1S/C15H20ClNO3/c1-15(2,10-14(19)20)9-13(18)17-8-7-11-3-5-12(16)6-4-11/h3-6H,7-10H2,1-2H3,(H,17,18)(H,19,20)/p-1. The molecule has 0 aliphatic heterocycles. The van der Waals surface area contributed by atoms with Crippen molar-refractivity contribution < 1.29 is 14.7 Å². The molecule has 0 fully saturated rings. The Morgan fingerprint density at radius 1 is 1.20 bits per heavy atom. The maximum Gasteiger partial charge on any atom is 0.220 e. The van der Waals surface area contributed by atoms with E-state index < -0.39 is 11.4 Å². The fourth-order valence-electron chi connectivity index (χ4n) is 1.95. The van der Waals surface area contributed by atoms with E-state index in [0.29, 0.717) is 18.0 Å². The van der Waals surface area contributed by atoms with Crippen LogP contribution in [0.1, 0.15) is 32.3 Å². The number of carboxylic acid groups (broad SMARTS) is 1. The SMILES string of the molecule is CC(C)(CC(=O)[O-])CC(=O)NCCc1ccc(Cl)cc1. The van der Waals surface area contributed by atoms with E-state index in [1.54, 1.807) is 13.8 Å². The second-order valence-electron chi connectivity index (χ2n) is 5.62. The third-order valence-electron chi connectivity index (χ3n) is 2.91. The van der Waals surface area contributed by atoms with Crippen molar-refractivity contribution in [2.24, 2.45) is 5.41 Å². The predicted octanol–water partition coefficient (Wildman–Crippen LogP) is 1.56. The Balaban J connectivity index is 2.33. The van der Waals surface area contributed by atoms with Crippen molar-refractivity contribution in [3.05, 3.63) is 34.9 Å². The first-order valence-corrected chi connectivity index (χ1v) is 6.87. The van der Waals surface area contributed by atoms with Gasteiger partial charge in [-0.05, 0) is 36.0 Å². The Kier molecular flexibility index (Phi) is 6.02. The molecule has 20 heavy (non-hydrogen) atoms. The van der Waals surface area contributed by atoms with Gasteiger partial charge in [-0.15, -0.1) is 0 Å². The maximum atomic E-state index is 11.7. The lowest BCUT2D eigenvalue weighted by atomic mass is 9.85. The van der Waals surface area contributed by atoms with E-state index in [0.717, 1.165) is 5.56 Å². The molecule has 110 valence electrons. The molecule has 0 aliphatic rings. The van der Waals surface area contributed by atoms with Gasteiger partial charge in [-0.1, -0.05) is 37.6 Å². The minimum atomic E-state index is -1.14. The topological polar surface area (TPSA) is 69.2 Å². The van der Waals surface area contributed by atoms with E-state index in [1.165, 1.54) is 0 Å². The molecule has 1 aromatic rings. The number of hydrogen-bond donors (Lipinski definition) is 1. The Hall–Kier alpha value is -1.55. The molecule has 1 N–H and O–H groups in total. The van der Waals surface area contributed by atoms with Crippen molar-refractivity contribution in [3.8, 4) is 0 Å². The molecule has 0 saturated carbocycles. The van der Waals surface area contributed by atoms with Gasteiger partial charge in [-0.25, -0.2) is 0 Å². The molecular weight excluding hydrogens is 278 g/mol. The molecule has 0 saturated heterocycles. The third-order valence-corrected chi connectivity index (χ3v) is 3.16. The van der Waals surface area contributed by atoms with Crippen LogP contribution in [0.2, 0.25) is 5.02 Å². The monoisotopic (exact) mass is 296 g/mol. The van der Waals surface area contributed by atoms with Crippen LogP contribution in [0.25, 0.3) is 0 Å². The van der Waals surface area contributed by atoms with Gasteiger partial charge in [0.2, 0.25) is 5.91 Å². The van der Waals surface area contributed by atoms with Gasteiger partial charge in [0.05, 0.1) is 0 Å². The highest BCUT2D eigenvalue weighted by molar-refractivity contribution is 6.30. The van der Waals surface area contributed by atoms with E-state index in [9.17, 15) is 14.7 Å². The molecular formula is C15H19ClNO3-. The summed E-state index contributed by atoms with van der Waals surface area (Å²) in [6, 6.07) is 7.44. The van der Waals surface area contributed by atoms with Crippen LogP contribution in [0.3, 0.4) is 0 Å². The van der Waals surface area contributed by atoms with Crippen LogP contribution in [-0.2, 0) is 16.0 Å². The van der Waals surface area contributed by atoms with E-state index in [1.807, 2.05) is 24.3 Å². The summed E-state index contributed by atoms with van der Waals surface area (Å²) in [7, 11) is 0. The molecule has 0 atom stereocenters. The highest BCUT2D eigenvalue weighted by Crippen LogP contribution is 2.24. The molecule has 0 radical (unpaired) electrons. The van der Waals surface area contributed by atoms with Crippen LogP contribution in [0.4, 0.5) is 0 Å². The van der Waals surface area contributed by atoms with Gasteiger partial charge >= 0.3 is 0 Å². The Morgan fingerprint density at radius 2 is 1.80 bits per heavy atom. The molecule has 1 amide bonds. The summed E-state index contributed by atoms with van der Waals surface area (Å²) in [6.45, 7) is 3.99. The molecule has 0 spiro atoms. The van der Waals surface area contributed by atoms with Crippen molar-refractivity contribution in [1.29, 1.82) is 0 Å². The van der Waals surface area contributed by atoms with Crippen molar-refractivity contribution in [2.75, 3.05) is 6.54 Å². The third kappa shape index (κ3) is 6.57. The van der Waals surface area contributed by atoms with Crippen molar-refractivity contribution in [3.63, 3.8) is 0 Å². The Bertz CT molecular complexity index is 469. The number of aliphatic carboxylic acids is 1. The highest BCUT2D eigenvalue weighted by Gasteiger charge is 2.21. The number of carbonyl (C=O) groups is 2. The molecule has 0 unspecified atom stereocenters. The van der Waals surface area contributed by atoms with Gasteiger partial charge in [0.15, 0.2) is 0 Å². The summed E-state index contributed by atoms with van der Waals surface area (Å²) in [5.74, 6) is -1.28. The van der Waals surface area contributed by atoms with Gasteiger partial charge in [0.1, 0.15) is 0 Å². The van der Waals surface area contributed by atoms with E-state index in [2.05, 4.69) is 5.32 Å². The first-order chi connectivity index (χ1) is 9.28. The summed E-state index contributed by atoms with van der Waals surface area (Å²) in [5, 5.41) is 14.0. The molecule has 1 rings (SSSR count). The number of hydrogen-bond acceptors (Lipinski definition) is 3. The number of halogens is 1. The van der Waals surface area contributed by atoms with Crippen molar-refractivity contribution >= 4 is 23.5 Å². The Morgan fingerprint density at radius 3 is 2.35 bits per heavy atom. The fourth-order valence-corrected chi connectivity index (χ4v) is 2.07. The zero-order valence-electron chi connectivity index (χ0n) is 11.7. The minimum Gasteiger partial charge on any atom is -0.550 e. The quantitative estimate of drug-likeness (QED) is 0.830. The number of carbonyl (C=O) groups excluding carboxylic acids is 2. The zero-order valence-corrected chi connectivity index (χ0v) is 12.5. The number of carboxylic acids is 1. The van der Waals surface area contributed by atoms with Gasteiger partial charge in [-0.2, -0.15) is 0 Å².